The van der Waals surface area contributed by atoms with Crippen LogP contribution in [0, 0.1) is 0 Å². The van der Waals surface area contributed by atoms with Crippen LogP contribution in [0.1, 0.15) is 57.4 Å². The summed E-state index contributed by atoms with van der Waals surface area (Å²) in [6.45, 7) is 7.38. The summed E-state index contributed by atoms with van der Waals surface area (Å²) in [4.78, 5) is 12.5. The van der Waals surface area contributed by atoms with Crippen molar-refractivity contribution in [1.82, 2.24) is 5.32 Å². The fourth-order valence-electron chi connectivity index (χ4n) is 4.49. The van der Waals surface area contributed by atoms with E-state index in [4.69, 9.17) is 0 Å². The van der Waals surface area contributed by atoms with Crippen LogP contribution in [0.3, 0.4) is 0 Å². The van der Waals surface area contributed by atoms with Gasteiger partial charge < -0.3 is 20.2 Å². The number of hydrogen-bond acceptors (Lipinski definition) is 2. The van der Waals surface area contributed by atoms with Crippen molar-refractivity contribution in [2.45, 2.75) is 63.8 Å². The number of rotatable bonds is 11. The van der Waals surface area contributed by atoms with Gasteiger partial charge in [-0.15, -0.1) is 0 Å². The minimum Gasteiger partial charge on any atom is -0.513 e. The first kappa shape index (κ1) is 22.3. The molecule has 5 nitrogen and oxygen atoms in total. The average Bonchev–Trinajstić information content (AvgIpc) is 2.56. The summed E-state index contributed by atoms with van der Waals surface area (Å²) in [5, 5.41) is 15.6. The van der Waals surface area contributed by atoms with Gasteiger partial charge in [0.2, 0.25) is 0 Å². The van der Waals surface area contributed by atoms with Crippen molar-refractivity contribution in [3.8, 4) is 0 Å². The molecular weight excluding hydrogens is 350 g/mol. The molecule has 0 atom stereocenters. The van der Waals surface area contributed by atoms with Crippen LogP contribution < -0.4 is 10.6 Å². The number of quaternary nitrogens is 1. The van der Waals surface area contributed by atoms with Gasteiger partial charge in [0.15, 0.2) is 0 Å². The van der Waals surface area contributed by atoms with Crippen LogP contribution in [-0.4, -0.2) is 48.3 Å². The van der Waals surface area contributed by atoms with Crippen molar-refractivity contribution < 1.29 is 14.4 Å². The summed E-state index contributed by atoms with van der Waals surface area (Å²) in [5.41, 5.74) is 1.68. The number of aliphatic hydroxyl groups is 1. The highest BCUT2D eigenvalue weighted by molar-refractivity contribution is 5.89. The number of likely N-dealkylation sites (N-methyl/N-ethyl adjacent to an activating group) is 1. The van der Waals surface area contributed by atoms with Gasteiger partial charge in [0.1, 0.15) is 18.6 Å². The number of urea groups is 1. The van der Waals surface area contributed by atoms with Gasteiger partial charge in [-0.2, -0.15) is 0 Å². The van der Waals surface area contributed by atoms with E-state index in [-0.39, 0.29) is 11.8 Å². The van der Waals surface area contributed by atoms with E-state index in [9.17, 15) is 9.90 Å². The highest BCUT2D eigenvalue weighted by Crippen LogP contribution is 2.30. The van der Waals surface area contributed by atoms with E-state index in [1.54, 1.807) is 0 Å². The van der Waals surface area contributed by atoms with Crippen molar-refractivity contribution in [1.29, 1.82) is 0 Å². The third-order valence-electron chi connectivity index (χ3n) is 5.41. The molecule has 0 bridgehead atoms. The molecule has 0 aliphatic carbocycles. The Labute approximate surface area is 170 Å². The first-order valence-corrected chi connectivity index (χ1v) is 10.6. The zero-order valence-corrected chi connectivity index (χ0v) is 17.9. The van der Waals surface area contributed by atoms with Crippen molar-refractivity contribution >= 4 is 11.7 Å². The van der Waals surface area contributed by atoms with Gasteiger partial charge in [-0.1, -0.05) is 57.7 Å². The van der Waals surface area contributed by atoms with Gasteiger partial charge in [-0.05, 0) is 30.5 Å². The average molecular weight is 389 g/mol. The van der Waals surface area contributed by atoms with E-state index in [2.05, 4.69) is 50.4 Å². The second-order valence-corrected chi connectivity index (χ2v) is 9.07. The monoisotopic (exact) mass is 388 g/mol. The maximum Gasteiger partial charge on any atom is 0.320 e. The molecule has 3 N–H and O–H groups in total. The molecule has 1 heterocycles. The van der Waals surface area contributed by atoms with E-state index >= 15 is 0 Å². The molecule has 2 amide bonds. The number of carbonyl (C=O) groups is 1. The first-order valence-electron chi connectivity index (χ1n) is 10.6. The minimum absolute atomic E-state index is 0.110. The second kappa shape index (κ2) is 9.97. The molecular formula is C23H38N3O2+. The summed E-state index contributed by atoms with van der Waals surface area (Å²) in [6.07, 6.45) is 9.28. The molecule has 0 aromatic heterocycles. The van der Waals surface area contributed by atoms with Crippen molar-refractivity contribution in [2.75, 3.05) is 32.5 Å². The molecule has 1 fully saturated rings. The molecule has 5 heteroatoms. The number of aryl methyl sites for hydroxylation is 1. The van der Waals surface area contributed by atoms with Crippen LogP contribution in [0.15, 0.2) is 36.6 Å². The summed E-state index contributed by atoms with van der Waals surface area (Å²) < 4.78 is 0.820. The van der Waals surface area contributed by atoms with Gasteiger partial charge in [0.05, 0.1) is 19.9 Å². The molecule has 1 aromatic carbocycles. The Balaban J connectivity index is 1.78. The zero-order valence-electron chi connectivity index (χ0n) is 17.9. The fourth-order valence-corrected chi connectivity index (χ4v) is 4.49. The zero-order chi connectivity index (χ0) is 20.6. The minimum atomic E-state index is -0.420. The Morgan fingerprint density at radius 2 is 1.71 bits per heavy atom. The maximum absolute atomic E-state index is 12.5. The molecule has 0 unspecified atom stereocenters. The highest BCUT2D eigenvalue weighted by atomic mass is 16.3. The molecule has 2 rings (SSSR count). The highest BCUT2D eigenvalue weighted by Gasteiger charge is 2.52. The number of nitrogens with zero attached hydrogens (tertiary/aromatic N) is 1. The van der Waals surface area contributed by atoms with Gasteiger partial charge in [0.25, 0.3) is 0 Å². The Kier molecular flexibility index (Phi) is 7.93. The fraction of sp³-hybridized carbons (Fsp3) is 0.609. The van der Waals surface area contributed by atoms with Crippen LogP contribution in [0.25, 0.3) is 0 Å². The number of hydrogen-bond donors (Lipinski definition) is 3. The van der Waals surface area contributed by atoms with E-state index in [0.717, 1.165) is 29.7 Å². The number of unbranched alkanes of at least 4 members (excludes halogenated alkanes) is 5. The lowest BCUT2D eigenvalue weighted by Crippen LogP contribution is -2.76. The van der Waals surface area contributed by atoms with E-state index in [1.165, 1.54) is 44.1 Å². The van der Waals surface area contributed by atoms with Gasteiger partial charge in [0, 0.05) is 12.1 Å². The van der Waals surface area contributed by atoms with E-state index in [1.807, 2.05) is 12.1 Å². The molecule has 1 aliphatic rings. The van der Waals surface area contributed by atoms with Crippen molar-refractivity contribution in [2.24, 2.45) is 0 Å². The number of benzene rings is 1. The Morgan fingerprint density at radius 1 is 1.11 bits per heavy atom. The molecule has 0 radical (unpaired) electrons. The number of likely N-dealkylation sites (tertiary alicyclic amines) is 1. The Morgan fingerprint density at radius 3 is 2.29 bits per heavy atom. The van der Waals surface area contributed by atoms with E-state index in [0.29, 0.717) is 6.42 Å². The predicted octanol–water partition coefficient (Wildman–Crippen LogP) is 5.00. The third kappa shape index (κ3) is 7.19. The lowest BCUT2D eigenvalue weighted by Gasteiger charge is -2.53. The van der Waals surface area contributed by atoms with Crippen LogP contribution in [0.2, 0.25) is 0 Å². The number of nitrogens with one attached hydrogen (secondary N) is 2. The van der Waals surface area contributed by atoms with Gasteiger partial charge in [-0.25, -0.2) is 4.79 Å². The summed E-state index contributed by atoms with van der Waals surface area (Å²) in [6, 6.07) is 7.88. The topological polar surface area (TPSA) is 61.4 Å². The third-order valence-corrected chi connectivity index (χ3v) is 5.41. The number of amides is 2. The van der Waals surface area contributed by atoms with Crippen molar-refractivity contribution in [3.63, 3.8) is 0 Å². The lowest BCUT2D eigenvalue weighted by molar-refractivity contribution is -0.940. The summed E-state index contributed by atoms with van der Waals surface area (Å²) >= 11 is 0. The van der Waals surface area contributed by atoms with Crippen LogP contribution >= 0.6 is 0 Å². The van der Waals surface area contributed by atoms with Crippen LogP contribution in [-0.2, 0) is 6.42 Å². The number of anilines is 1. The molecule has 0 saturated carbocycles. The summed E-state index contributed by atoms with van der Waals surface area (Å²) in [5.74, 6) is 0.110. The molecule has 1 saturated heterocycles. The Hall–Kier alpha value is -2.01. The molecule has 28 heavy (non-hydrogen) atoms. The van der Waals surface area contributed by atoms with Gasteiger partial charge in [-0.3, -0.25) is 0 Å². The Bertz CT molecular complexity index is 644. The molecule has 1 aliphatic heterocycles. The molecule has 1 aromatic rings. The second-order valence-electron chi connectivity index (χ2n) is 9.07. The van der Waals surface area contributed by atoms with Crippen LogP contribution in [0.4, 0.5) is 10.5 Å². The molecule has 156 valence electrons. The number of aliphatic hydroxyl groups excluding tert-OH is 1. The predicted molar refractivity (Wildman–Crippen MR) is 117 cm³/mol. The quantitative estimate of drug-likeness (QED) is 0.284. The molecule has 0 spiro atoms. The normalized spacial score (nSPS) is 16.8. The smallest absolute Gasteiger partial charge is 0.320 e. The standard InChI is InChI=1S/C23H37N3O2/c1-5-6-7-8-9-10-11-20-12-14-21(15-13-20)24-22(28)25-23(16-19(2)27)17-26(3,4)18-23/h12-15H,2,5-11,16-18H2,1,3-4H3,(H2-,24,25,27,28)/p+1. The SMILES string of the molecule is C=C(O)CC1(NC(=O)Nc2ccc(CCCCCCCC)cc2)C[N+](C)(C)C1. The van der Waals surface area contributed by atoms with Crippen molar-refractivity contribution in [3.05, 3.63) is 42.2 Å². The first-order chi connectivity index (χ1) is 13.2. The maximum atomic E-state index is 12.5. The van der Waals surface area contributed by atoms with Crippen LogP contribution in [0.5, 0.6) is 0 Å². The van der Waals surface area contributed by atoms with Gasteiger partial charge >= 0.3 is 6.03 Å². The summed E-state index contributed by atoms with van der Waals surface area (Å²) in [7, 11) is 4.22. The largest absolute Gasteiger partial charge is 0.513 e. The van der Waals surface area contributed by atoms with E-state index < -0.39 is 5.54 Å². The number of carbonyl (C=O) groups excluding carboxylic acids is 1. The lowest BCUT2D eigenvalue weighted by atomic mass is 9.84.